The third-order valence-electron chi connectivity index (χ3n) is 4.20. The third-order valence-corrected chi connectivity index (χ3v) is 4.20. The Morgan fingerprint density at radius 2 is 2.00 bits per heavy atom. The predicted octanol–water partition coefficient (Wildman–Crippen LogP) is 1.93. The third kappa shape index (κ3) is 4.06. The predicted molar refractivity (Wildman–Crippen MR) is 93.2 cm³/mol. The van der Waals surface area contributed by atoms with Gasteiger partial charge in [-0.1, -0.05) is 18.2 Å². The zero-order valence-corrected chi connectivity index (χ0v) is 14.5. The fourth-order valence-electron chi connectivity index (χ4n) is 2.77. The van der Waals surface area contributed by atoms with E-state index in [0.29, 0.717) is 11.4 Å². The van der Waals surface area contributed by atoms with Gasteiger partial charge in [-0.15, -0.1) is 0 Å². The molecule has 0 saturated carbocycles. The topological polar surface area (TPSA) is 78.9 Å². The second-order valence-electron chi connectivity index (χ2n) is 6.15. The number of fused-ring (bicyclic) bond motifs is 1. The van der Waals surface area contributed by atoms with E-state index < -0.39 is 29.7 Å². The summed E-state index contributed by atoms with van der Waals surface area (Å²) in [7, 11) is 0. The van der Waals surface area contributed by atoms with Gasteiger partial charge in [0.1, 0.15) is 12.3 Å². The summed E-state index contributed by atoms with van der Waals surface area (Å²) < 4.78 is 31.7. The summed E-state index contributed by atoms with van der Waals surface area (Å²) in [6.45, 7) is 1.13. The molecule has 0 saturated heterocycles. The molecule has 142 valence electrons. The number of halogens is 2. The normalized spacial score (nSPS) is 17.1. The van der Waals surface area contributed by atoms with Crippen LogP contribution in [0.25, 0.3) is 0 Å². The Labute approximate surface area is 154 Å². The van der Waals surface area contributed by atoms with Gasteiger partial charge in [0.15, 0.2) is 17.7 Å². The molecule has 0 aromatic heterocycles. The van der Waals surface area contributed by atoms with Crippen LogP contribution in [0.15, 0.2) is 42.5 Å². The van der Waals surface area contributed by atoms with Gasteiger partial charge in [-0.2, -0.15) is 0 Å². The molecule has 0 fully saturated rings. The molecular weight excluding hydrogens is 358 g/mol. The molecule has 2 amide bonds. The van der Waals surface area contributed by atoms with E-state index in [-0.39, 0.29) is 24.6 Å². The van der Waals surface area contributed by atoms with Crippen molar-refractivity contribution in [3.05, 3.63) is 59.7 Å². The summed E-state index contributed by atoms with van der Waals surface area (Å²) in [5, 5.41) is 12.5. The van der Waals surface area contributed by atoms with E-state index >= 15 is 0 Å². The first-order chi connectivity index (χ1) is 12.9. The number of para-hydroxylation sites is 2. The molecule has 3 rings (SSSR count). The molecule has 1 aliphatic heterocycles. The molecule has 0 radical (unpaired) electrons. The maximum atomic E-state index is 13.2. The molecular formula is C19H18F2N2O4. The van der Waals surface area contributed by atoms with Crippen molar-refractivity contribution in [2.75, 3.05) is 18.0 Å². The lowest BCUT2D eigenvalue weighted by Crippen LogP contribution is -2.49. The summed E-state index contributed by atoms with van der Waals surface area (Å²) in [5.74, 6) is -2.46. The van der Waals surface area contributed by atoms with Crippen molar-refractivity contribution in [2.24, 2.45) is 0 Å². The Hall–Kier alpha value is -3.00. The highest BCUT2D eigenvalue weighted by atomic mass is 19.2. The minimum absolute atomic E-state index is 0.135. The number of aliphatic hydroxyl groups is 1. The quantitative estimate of drug-likeness (QED) is 0.836. The first-order valence-electron chi connectivity index (χ1n) is 8.33. The number of anilines is 1. The summed E-state index contributed by atoms with van der Waals surface area (Å²) in [6, 6.07) is 9.87. The van der Waals surface area contributed by atoms with Crippen LogP contribution in [0.5, 0.6) is 5.75 Å². The van der Waals surface area contributed by atoms with Gasteiger partial charge in [0.25, 0.3) is 5.91 Å². The highest BCUT2D eigenvalue weighted by Gasteiger charge is 2.32. The van der Waals surface area contributed by atoms with E-state index in [9.17, 15) is 23.5 Å². The van der Waals surface area contributed by atoms with Gasteiger partial charge in [-0.25, -0.2) is 8.78 Å². The van der Waals surface area contributed by atoms with Crippen LogP contribution in [0.3, 0.4) is 0 Å². The zero-order chi connectivity index (χ0) is 19.6. The highest BCUT2D eigenvalue weighted by molar-refractivity contribution is 6.03. The number of nitrogens with zero attached hydrogens (tertiary/aromatic N) is 1. The van der Waals surface area contributed by atoms with Crippen LogP contribution in [-0.4, -0.2) is 36.1 Å². The highest BCUT2D eigenvalue weighted by Crippen LogP contribution is 2.33. The van der Waals surface area contributed by atoms with E-state index in [4.69, 9.17) is 4.74 Å². The molecule has 0 spiro atoms. The van der Waals surface area contributed by atoms with Gasteiger partial charge in [-0.05, 0) is 36.8 Å². The molecule has 27 heavy (non-hydrogen) atoms. The van der Waals surface area contributed by atoms with Gasteiger partial charge in [0.05, 0.1) is 11.8 Å². The molecule has 1 heterocycles. The second-order valence-corrected chi connectivity index (χ2v) is 6.15. The maximum Gasteiger partial charge on any atom is 0.268 e. The molecule has 6 nitrogen and oxygen atoms in total. The summed E-state index contributed by atoms with van der Waals surface area (Å²) in [5.41, 5.74) is 0.618. The molecule has 0 bridgehead atoms. The zero-order valence-electron chi connectivity index (χ0n) is 14.5. The Balaban J connectivity index is 1.63. The van der Waals surface area contributed by atoms with Crippen LogP contribution in [-0.2, 0) is 9.59 Å². The number of hydrogen-bond acceptors (Lipinski definition) is 4. The van der Waals surface area contributed by atoms with Crippen LogP contribution < -0.4 is 15.0 Å². The summed E-state index contributed by atoms with van der Waals surface area (Å²) in [4.78, 5) is 25.9. The Morgan fingerprint density at radius 1 is 1.26 bits per heavy atom. The lowest BCUT2D eigenvalue weighted by Gasteiger charge is -2.32. The summed E-state index contributed by atoms with van der Waals surface area (Å²) >= 11 is 0. The average Bonchev–Trinajstić information content (AvgIpc) is 2.65. The number of carbonyl (C=O) groups excluding carboxylic acids is 2. The van der Waals surface area contributed by atoms with E-state index in [1.165, 1.54) is 11.0 Å². The van der Waals surface area contributed by atoms with Crippen molar-refractivity contribution in [1.29, 1.82) is 0 Å². The standard InChI is InChI=1S/C19H18F2N2O4/c1-11-19(26)23(15-4-2-3-5-17(15)27-11)10-18(25)22-9-16(24)12-6-7-13(20)14(21)8-12/h2-8,11,16,24H,9-10H2,1H3,(H,22,25). The van der Waals surface area contributed by atoms with Gasteiger partial charge >= 0.3 is 0 Å². The molecule has 2 aromatic rings. The average molecular weight is 376 g/mol. The Kier molecular flexibility index (Phi) is 5.36. The van der Waals surface area contributed by atoms with E-state index in [2.05, 4.69) is 5.32 Å². The molecule has 2 atom stereocenters. The first kappa shape index (κ1) is 18.8. The van der Waals surface area contributed by atoms with Crippen LogP contribution in [0.4, 0.5) is 14.5 Å². The van der Waals surface area contributed by atoms with Gasteiger partial charge in [0, 0.05) is 6.54 Å². The number of aliphatic hydroxyl groups excluding tert-OH is 1. The Morgan fingerprint density at radius 3 is 2.74 bits per heavy atom. The van der Waals surface area contributed by atoms with Gasteiger partial charge < -0.3 is 15.2 Å². The summed E-state index contributed by atoms with van der Waals surface area (Å²) in [6.07, 6.45) is -1.93. The lowest BCUT2D eigenvalue weighted by atomic mass is 10.1. The molecule has 2 aromatic carbocycles. The molecule has 0 aliphatic carbocycles. The number of benzene rings is 2. The fraction of sp³-hybridized carbons (Fsp3) is 0.263. The molecule has 1 aliphatic rings. The number of carbonyl (C=O) groups is 2. The SMILES string of the molecule is CC1Oc2ccccc2N(CC(=O)NCC(O)c2ccc(F)c(F)c2)C1=O. The number of nitrogens with one attached hydrogen (secondary N) is 1. The molecule has 2 unspecified atom stereocenters. The number of hydrogen-bond donors (Lipinski definition) is 2. The maximum absolute atomic E-state index is 13.2. The number of rotatable bonds is 5. The monoisotopic (exact) mass is 376 g/mol. The molecule has 8 heteroatoms. The number of amides is 2. The fourth-order valence-corrected chi connectivity index (χ4v) is 2.77. The molecule has 2 N–H and O–H groups in total. The van der Waals surface area contributed by atoms with Crippen molar-refractivity contribution in [3.8, 4) is 5.75 Å². The van der Waals surface area contributed by atoms with Crippen molar-refractivity contribution in [3.63, 3.8) is 0 Å². The van der Waals surface area contributed by atoms with E-state index in [1.54, 1.807) is 31.2 Å². The van der Waals surface area contributed by atoms with Crippen molar-refractivity contribution in [1.82, 2.24) is 5.32 Å². The van der Waals surface area contributed by atoms with Crippen LogP contribution in [0.1, 0.15) is 18.6 Å². The van der Waals surface area contributed by atoms with Crippen molar-refractivity contribution in [2.45, 2.75) is 19.1 Å². The minimum atomic E-state index is -1.21. The lowest BCUT2D eigenvalue weighted by molar-refractivity contribution is -0.128. The van der Waals surface area contributed by atoms with Gasteiger partial charge in [-0.3, -0.25) is 14.5 Å². The largest absolute Gasteiger partial charge is 0.479 e. The van der Waals surface area contributed by atoms with Crippen LogP contribution in [0.2, 0.25) is 0 Å². The Bertz CT molecular complexity index is 875. The second kappa shape index (κ2) is 7.71. The first-order valence-corrected chi connectivity index (χ1v) is 8.33. The van der Waals surface area contributed by atoms with Crippen molar-refractivity contribution >= 4 is 17.5 Å². The number of ether oxygens (including phenoxy) is 1. The van der Waals surface area contributed by atoms with Crippen molar-refractivity contribution < 1.29 is 28.2 Å². The van der Waals surface area contributed by atoms with Crippen LogP contribution in [0, 0.1) is 11.6 Å². The van der Waals surface area contributed by atoms with E-state index in [0.717, 1.165) is 12.1 Å². The smallest absolute Gasteiger partial charge is 0.268 e. The van der Waals surface area contributed by atoms with Crippen LogP contribution >= 0.6 is 0 Å². The van der Waals surface area contributed by atoms with Gasteiger partial charge in [0.2, 0.25) is 5.91 Å². The minimum Gasteiger partial charge on any atom is -0.479 e. The van der Waals surface area contributed by atoms with E-state index in [1.807, 2.05) is 0 Å².